The molecule has 3 N–H and O–H groups in total. The van der Waals surface area contributed by atoms with E-state index in [1.54, 1.807) is 0 Å². The third-order valence-electron chi connectivity index (χ3n) is 4.00. The molecule has 2 atom stereocenters. The number of nitrogens with two attached hydrogens (primary N) is 1. The van der Waals surface area contributed by atoms with Crippen LogP contribution in [-0.2, 0) is 4.79 Å². The Morgan fingerprint density at radius 3 is 2.08 bits per heavy atom. The lowest BCUT2D eigenvalue weighted by Crippen LogP contribution is -2.39. The second-order valence-corrected chi connectivity index (χ2v) is 6.02. The molecule has 0 saturated carbocycles. The topological polar surface area (TPSA) is 58.4 Å². The maximum absolute atomic E-state index is 12.3. The van der Waals surface area contributed by atoms with Crippen LogP contribution in [0.4, 0.5) is 0 Å². The number of nitrogens with zero attached hydrogens (tertiary/aromatic N) is 1. The van der Waals surface area contributed by atoms with E-state index in [4.69, 9.17) is 5.73 Å². The van der Waals surface area contributed by atoms with Gasteiger partial charge in [0.25, 0.3) is 0 Å². The summed E-state index contributed by atoms with van der Waals surface area (Å²) in [5, 5.41) is 2.97. The number of nitrogens with one attached hydrogen (secondary N) is 1. The molecule has 2 rings (SSSR count). The molecule has 2 unspecified atom stereocenters. The molecule has 1 amide bonds. The van der Waals surface area contributed by atoms with Crippen LogP contribution in [0.25, 0.3) is 0 Å². The average Bonchev–Trinajstić information content (AvgIpc) is 2.56. The molecule has 0 saturated heterocycles. The highest BCUT2D eigenvalue weighted by Gasteiger charge is 2.19. The Morgan fingerprint density at radius 2 is 1.56 bits per heavy atom. The monoisotopic (exact) mass is 383 g/mol. The van der Waals surface area contributed by atoms with Crippen molar-refractivity contribution < 1.29 is 4.79 Å². The normalized spacial score (nSPS) is 12.5. The summed E-state index contributed by atoms with van der Waals surface area (Å²) in [6, 6.07) is 17.3. The van der Waals surface area contributed by atoms with Crippen molar-refractivity contribution in [2.24, 2.45) is 5.73 Å². The second-order valence-electron chi connectivity index (χ2n) is 6.02. The van der Waals surface area contributed by atoms with Crippen molar-refractivity contribution in [3.63, 3.8) is 0 Å². The van der Waals surface area contributed by atoms with Gasteiger partial charge in [0, 0.05) is 6.54 Å². The molecule has 6 heteroatoms. The maximum Gasteiger partial charge on any atom is 0.241 e. The minimum atomic E-state index is -0.642. The summed E-state index contributed by atoms with van der Waals surface area (Å²) in [4.78, 5) is 14.4. The van der Waals surface area contributed by atoms with Crippen LogP contribution in [0.1, 0.15) is 28.8 Å². The van der Waals surface area contributed by atoms with Crippen molar-refractivity contribution in [2.45, 2.75) is 19.0 Å². The smallest absolute Gasteiger partial charge is 0.241 e. The first-order chi connectivity index (χ1) is 11.0. The van der Waals surface area contributed by atoms with Crippen LogP contribution in [-0.4, -0.2) is 31.4 Å². The van der Waals surface area contributed by atoms with E-state index in [1.165, 1.54) is 11.1 Å². The SMILES string of the molecule is Cc1ccc(C(CNC(=O)C(N)c2ccccc2)N(C)C)cc1.Cl.Cl. The van der Waals surface area contributed by atoms with Gasteiger partial charge in [-0.05, 0) is 32.1 Å². The zero-order valence-electron chi connectivity index (χ0n) is 14.8. The zero-order chi connectivity index (χ0) is 16.8. The highest BCUT2D eigenvalue weighted by molar-refractivity contribution is 5.85. The Labute approximate surface area is 162 Å². The van der Waals surface area contributed by atoms with Crippen LogP contribution in [0.5, 0.6) is 0 Å². The van der Waals surface area contributed by atoms with Gasteiger partial charge in [0.2, 0.25) is 5.91 Å². The predicted octanol–water partition coefficient (Wildman–Crippen LogP) is 3.26. The van der Waals surface area contributed by atoms with E-state index in [0.717, 1.165) is 5.56 Å². The van der Waals surface area contributed by atoms with Gasteiger partial charge in [-0.3, -0.25) is 4.79 Å². The van der Waals surface area contributed by atoms with Gasteiger partial charge >= 0.3 is 0 Å². The number of rotatable bonds is 6. The summed E-state index contributed by atoms with van der Waals surface area (Å²) < 4.78 is 0. The molecular weight excluding hydrogens is 357 g/mol. The second kappa shape index (κ2) is 11.1. The molecule has 0 aliphatic carbocycles. The van der Waals surface area contributed by atoms with E-state index in [2.05, 4.69) is 41.4 Å². The lowest BCUT2D eigenvalue weighted by molar-refractivity contribution is -0.122. The summed E-state index contributed by atoms with van der Waals surface area (Å²) in [5.74, 6) is -0.157. The number of hydrogen-bond acceptors (Lipinski definition) is 3. The standard InChI is InChI=1S/C19H25N3O.2ClH/c1-14-9-11-15(12-10-14)17(22(2)3)13-21-19(23)18(20)16-7-5-4-6-8-16;;/h4-12,17-18H,13,20H2,1-3H3,(H,21,23);2*1H. The minimum absolute atomic E-state index is 0. The van der Waals surface area contributed by atoms with Crippen molar-refractivity contribution in [3.05, 3.63) is 71.3 Å². The van der Waals surface area contributed by atoms with E-state index in [0.29, 0.717) is 6.54 Å². The summed E-state index contributed by atoms with van der Waals surface area (Å²) in [6.07, 6.45) is 0. The third kappa shape index (κ3) is 6.67. The fourth-order valence-electron chi connectivity index (χ4n) is 2.51. The average molecular weight is 384 g/mol. The van der Waals surface area contributed by atoms with E-state index < -0.39 is 6.04 Å². The number of likely N-dealkylation sites (N-methyl/N-ethyl adjacent to an activating group) is 1. The van der Waals surface area contributed by atoms with Crippen LogP contribution < -0.4 is 11.1 Å². The summed E-state index contributed by atoms with van der Waals surface area (Å²) in [5.41, 5.74) is 9.25. The minimum Gasteiger partial charge on any atom is -0.353 e. The highest BCUT2D eigenvalue weighted by Crippen LogP contribution is 2.18. The van der Waals surface area contributed by atoms with Gasteiger partial charge in [0.15, 0.2) is 0 Å². The van der Waals surface area contributed by atoms with E-state index in [9.17, 15) is 4.79 Å². The summed E-state index contributed by atoms with van der Waals surface area (Å²) in [7, 11) is 4.02. The Balaban J connectivity index is 0.00000288. The third-order valence-corrected chi connectivity index (χ3v) is 4.00. The van der Waals surface area contributed by atoms with Gasteiger partial charge < -0.3 is 16.0 Å². The first kappa shape index (κ1) is 23.4. The molecule has 0 spiro atoms. The molecule has 0 radical (unpaired) electrons. The van der Waals surface area contributed by atoms with Crippen molar-refractivity contribution in [1.29, 1.82) is 0 Å². The summed E-state index contributed by atoms with van der Waals surface area (Å²) >= 11 is 0. The molecule has 138 valence electrons. The number of benzene rings is 2. The van der Waals surface area contributed by atoms with E-state index >= 15 is 0 Å². The molecule has 2 aromatic carbocycles. The Hall–Kier alpha value is -1.59. The molecule has 4 nitrogen and oxygen atoms in total. The zero-order valence-corrected chi connectivity index (χ0v) is 16.4. The lowest BCUT2D eigenvalue weighted by Gasteiger charge is -2.26. The fraction of sp³-hybridized carbons (Fsp3) is 0.316. The molecule has 0 bridgehead atoms. The van der Waals surface area contributed by atoms with Crippen molar-refractivity contribution in [2.75, 3.05) is 20.6 Å². The number of hydrogen-bond donors (Lipinski definition) is 2. The fourth-order valence-corrected chi connectivity index (χ4v) is 2.51. The van der Waals surface area contributed by atoms with Gasteiger partial charge in [-0.2, -0.15) is 0 Å². The molecule has 2 aromatic rings. The van der Waals surface area contributed by atoms with Gasteiger partial charge in [-0.25, -0.2) is 0 Å². The Bertz CT molecular complexity index is 633. The molecule has 0 aliphatic heterocycles. The molecule has 0 aliphatic rings. The van der Waals surface area contributed by atoms with Gasteiger partial charge in [0.05, 0.1) is 6.04 Å². The molecule has 0 aromatic heterocycles. The van der Waals surface area contributed by atoms with E-state index in [-0.39, 0.29) is 36.8 Å². The molecule has 0 fully saturated rings. The van der Waals surface area contributed by atoms with Gasteiger partial charge in [0.1, 0.15) is 6.04 Å². The van der Waals surface area contributed by atoms with Crippen molar-refractivity contribution >= 4 is 30.7 Å². The van der Waals surface area contributed by atoms with Crippen LogP contribution in [0.3, 0.4) is 0 Å². The Morgan fingerprint density at radius 1 is 1.00 bits per heavy atom. The number of carbonyl (C=O) groups is 1. The number of amides is 1. The predicted molar refractivity (Wildman–Crippen MR) is 108 cm³/mol. The molecule has 25 heavy (non-hydrogen) atoms. The lowest BCUT2D eigenvalue weighted by atomic mass is 10.0. The Kier molecular flexibility index (Phi) is 10.4. The largest absolute Gasteiger partial charge is 0.353 e. The van der Waals surface area contributed by atoms with E-state index in [1.807, 2.05) is 44.4 Å². The van der Waals surface area contributed by atoms with Crippen LogP contribution in [0.15, 0.2) is 54.6 Å². The first-order valence-corrected chi connectivity index (χ1v) is 7.80. The maximum atomic E-state index is 12.3. The van der Waals surface area contributed by atoms with Crippen LogP contribution in [0, 0.1) is 6.92 Å². The van der Waals surface area contributed by atoms with Gasteiger partial charge in [-0.1, -0.05) is 60.2 Å². The van der Waals surface area contributed by atoms with Crippen molar-refractivity contribution in [3.8, 4) is 0 Å². The van der Waals surface area contributed by atoms with Gasteiger partial charge in [-0.15, -0.1) is 24.8 Å². The number of carbonyl (C=O) groups excluding carboxylic acids is 1. The summed E-state index contributed by atoms with van der Waals surface area (Å²) in [6.45, 7) is 2.59. The highest BCUT2D eigenvalue weighted by atomic mass is 35.5. The number of aryl methyl sites for hydroxylation is 1. The van der Waals surface area contributed by atoms with Crippen molar-refractivity contribution in [1.82, 2.24) is 10.2 Å². The molecular formula is C19H27Cl2N3O. The molecule has 0 heterocycles. The van der Waals surface area contributed by atoms with Crippen LogP contribution in [0.2, 0.25) is 0 Å². The number of halogens is 2. The quantitative estimate of drug-likeness (QED) is 0.804. The first-order valence-electron chi connectivity index (χ1n) is 7.80. The van der Waals surface area contributed by atoms with Crippen LogP contribution >= 0.6 is 24.8 Å².